The summed E-state index contributed by atoms with van der Waals surface area (Å²) in [6.45, 7) is 4.45. The van der Waals surface area contributed by atoms with Crippen LogP contribution in [0, 0.1) is 0 Å². The number of hydrogen-bond donors (Lipinski definition) is 2. The van der Waals surface area contributed by atoms with Crippen molar-refractivity contribution in [2.24, 2.45) is 0 Å². The Balaban J connectivity index is 1.74. The number of nitrogens with one attached hydrogen (secondary N) is 1. The molecule has 0 fully saturated rings. The first-order valence-electron chi connectivity index (χ1n) is 10.8. The van der Waals surface area contributed by atoms with Gasteiger partial charge in [-0.1, -0.05) is 96.1 Å². The molecule has 2 N–H and O–H groups in total. The molecule has 0 bridgehead atoms. The van der Waals surface area contributed by atoms with Gasteiger partial charge >= 0.3 is 0 Å². The largest absolute Gasteiger partial charge is 0.508 e. The number of unbranched alkanes of at least 4 members (excludes halogenated alkanes) is 12. The summed E-state index contributed by atoms with van der Waals surface area (Å²) in [6.07, 6.45) is 19.4. The van der Waals surface area contributed by atoms with E-state index in [1.165, 1.54) is 89.0 Å². The van der Waals surface area contributed by atoms with Gasteiger partial charge in [0.2, 0.25) is 0 Å². The van der Waals surface area contributed by atoms with Crippen LogP contribution in [0.25, 0.3) is 0 Å². The maximum absolute atomic E-state index is 9.25. The van der Waals surface area contributed by atoms with Crippen molar-refractivity contribution in [1.29, 1.82) is 0 Å². The number of rotatable bonds is 17. The summed E-state index contributed by atoms with van der Waals surface area (Å²) in [5, 5.41) is 12.8. The lowest BCUT2D eigenvalue weighted by atomic mass is 10.0. The van der Waals surface area contributed by atoms with Gasteiger partial charge in [0, 0.05) is 0 Å². The lowest BCUT2D eigenvalue weighted by Gasteiger charge is -2.06. The molecule has 0 spiro atoms. The van der Waals surface area contributed by atoms with Crippen LogP contribution >= 0.6 is 0 Å². The smallest absolute Gasteiger partial charge is 0.115 e. The highest BCUT2D eigenvalue weighted by Gasteiger charge is 1.95. The average Bonchev–Trinajstić information content (AvgIpc) is 2.63. The molecule has 0 unspecified atom stereocenters. The average molecular weight is 348 g/mol. The Bertz CT molecular complexity index is 388. The first kappa shape index (κ1) is 22.0. The summed E-state index contributed by atoms with van der Waals surface area (Å²) in [5.74, 6) is 0.351. The van der Waals surface area contributed by atoms with E-state index in [9.17, 15) is 5.11 Å². The minimum absolute atomic E-state index is 0.351. The molecule has 144 valence electrons. The SMILES string of the molecule is CCCCCCCCCCCCCCCNCCc1ccc(O)cc1. The molecule has 2 heteroatoms. The highest BCUT2D eigenvalue weighted by atomic mass is 16.3. The van der Waals surface area contributed by atoms with Gasteiger partial charge in [0.05, 0.1) is 0 Å². The third-order valence-corrected chi connectivity index (χ3v) is 4.98. The Labute approximate surface area is 156 Å². The van der Waals surface area contributed by atoms with Crippen LogP contribution in [-0.2, 0) is 6.42 Å². The van der Waals surface area contributed by atoms with Crippen LogP contribution in [0.5, 0.6) is 5.75 Å². The molecule has 0 saturated heterocycles. The van der Waals surface area contributed by atoms with E-state index in [-0.39, 0.29) is 0 Å². The first-order valence-corrected chi connectivity index (χ1v) is 10.8. The Morgan fingerprint density at radius 3 is 1.64 bits per heavy atom. The molecular weight excluding hydrogens is 306 g/mol. The van der Waals surface area contributed by atoms with Crippen molar-refractivity contribution in [3.05, 3.63) is 29.8 Å². The van der Waals surface area contributed by atoms with Crippen molar-refractivity contribution in [1.82, 2.24) is 5.32 Å². The number of hydrogen-bond acceptors (Lipinski definition) is 2. The van der Waals surface area contributed by atoms with E-state index < -0.39 is 0 Å². The zero-order valence-corrected chi connectivity index (χ0v) is 16.6. The van der Waals surface area contributed by atoms with E-state index in [1.807, 2.05) is 12.1 Å². The van der Waals surface area contributed by atoms with Crippen molar-refractivity contribution >= 4 is 0 Å². The molecule has 0 aliphatic heterocycles. The molecule has 0 heterocycles. The molecular formula is C23H41NO. The number of phenolic OH excluding ortho intramolecular Hbond substituents is 1. The van der Waals surface area contributed by atoms with Crippen LogP contribution in [0.15, 0.2) is 24.3 Å². The monoisotopic (exact) mass is 347 g/mol. The normalized spacial score (nSPS) is 11.1. The van der Waals surface area contributed by atoms with Crippen LogP contribution < -0.4 is 5.32 Å². The molecule has 2 nitrogen and oxygen atoms in total. The van der Waals surface area contributed by atoms with Crippen LogP contribution in [0.4, 0.5) is 0 Å². The second-order valence-electron chi connectivity index (χ2n) is 7.41. The molecule has 1 rings (SSSR count). The summed E-state index contributed by atoms with van der Waals surface area (Å²) in [4.78, 5) is 0. The number of benzene rings is 1. The zero-order chi connectivity index (χ0) is 18.0. The first-order chi connectivity index (χ1) is 12.3. The van der Waals surface area contributed by atoms with E-state index in [1.54, 1.807) is 12.1 Å². The topological polar surface area (TPSA) is 32.3 Å². The fourth-order valence-electron chi connectivity index (χ4n) is 3.29. The van der Waals surface area contributed by atoms with Gasteiger partial charge in [-0.25, -0.2) is 0 Å². The lowest BCUT2D eigenvalue weighted by Crippen LogP contribution is -2.18. The predicted octanol–water partition coefficient (Wildman–Crippen LogP) is 6.62. The molecule has 0 aromatic heterocycles. The molecule has 0 aliphatic carbocycles. The summed E-state index contributed by atoms with van der Waals surface area (Å²) in [7, 11) is 0. The Morgan fingerprint density at radius 1 is 0.640 bits per heavy atom. The van der Waals surface area contributed by atoms with Gasteiger partial charge < -0.3 is 10.4 Å². The molecule has 0 radical (unpaired) electrons. The lowest BCUT2D eigenvalue weighted by molar-refractivity contribution is 0.475. The molecule has 25 heavy (non-hydrogen) atoms. The van der Waals surface area contributed by atoms with Gasteiger partial charge in [-0.15, -0.1) is 0 Å². The summed E-state index contributed by atoms with van der Waals surface area (Å²) in [5.41, 5.74) is 1.29. The van der Waals surface area contributed by atoms with E-state index in [2.05, 4.69) is 12.2 Å². The van der Waals surface area contributed by atoms with Gasteiger partial charge in [0.15, 0.2) is 0 Å². The number of aromatic hydroxyl groups is 1. The van der Waals surface area contributed by atoms with Crippen molar-refractivity contribution in [3.63, 3.8) is 0 Å². The van der Waals surface area contributed by atoms with E-state index in [0.717, 1.165) is 19.5 Å². The molecule has 0 aliphatic rings. The van der Waals surface area contributed by atoms with Crippen molar-refractivity contribution in [2.45, 2.75) is 96.8 Å². The Hall–Kier alpha value is -1.02. The zero-order valence-electron chi connectivity index (χ0n) is 16.6. The van der Waals surface area contributed by atoms with Gasteiger partial charge in [0.25, 0.3) is 0 Å². The van der Waals surface area contributed by atoms with Gasteiger partial charge in [-0.2, -0.15) is 0 Å². The molecule has 0 atom stereocenters. The number of phenols is 1. The second-order valence-corrected chi connectivity index (χ2v) is 7.41. The molecule has 0 saturated carbocycles. The second kappa shape index (κ2) is 16.4. The van der Waals surface area contributed by atoms with Crippen LogP contribution in [0.3, 0.4) is 0 Å². The fraction of sp³-hybridized carbons (Fsp3) is 0.739. The molecule has 1 aromatic rings. The fourth-order valence-corrected chi connectivity index (χ4v) is 3.29. The maximum atomic E-state index is 9.25. The summed E-state index contributed by atoms with van der Waals surface area (Å²) in [6, 6.07) is 7.54. The van der Waals surface area contributed by atoms with E-state index in [4.69, 9.17) is 0 Å². The van der Waals surface area contributed by atoms with E-state index >= 15 is 0 Å². The minimum atomic E-state index is 0.351. The third-order valence-electron chi connectivity index (χ3n) is 4.98. The maximum Gasteiger partial charge on any atom is 0.115 e. The predicted molar refractivity (Wildman–Crippen MR) is 110 cm³/mol. The van der Waals surface area contributed by atoms with Crippen LogP contribution in [-0.4, -0.2) is 18.2 Å². The van der Waals surface area contributed by atoms with E-state index in [0.29, 0.717) is 5.75 Å². The quantitative estimate of drug-likeness (QED) is 0.310. The van der Waals surface area contributed by atoms with Crippen LogP contribution in [0.2, 0.25) is 0 Å². The van der Waals surface area contributed by atoms with Crippen molar-refractivity contribution in [3.8, 4) is 5.75 Å². The highest BCUT2D eigenvalue weighted by Crippen LogP contribution is 2.12. The summed E-state index contributed by atoms with van der Waals surface area (Å²) < 4.78 is 0. The summed E-state index contributed by atoms with van der Waals surface area (Å²) >= 11 is 0. The van der Waals surface area contributed by atoms with Gasteiger partial charge in [-0.05, 0) is 43.6 Å². The van der Waals surface area contributed by atoms with Crippen molar-refractivity contribution < 1.29 is 5.11 Å². The minimum Gasteiger partial charge on any atom is -0.508 e. The van der Waals surface area contributed by atoms with Crippen LogP contribution in [0.1, 0.15) is 96.0 Å². The third kappa shape index (κ3) is 13.9. The molecule has 1 aromatic carbocycles. The Kier molecular flexibility index (Phi) is 14.5. The van der Waals surface area contributed by atoms with Gasteiger partial charge in [-0.3, -0.25) is 0 Å². The van der Waals surface area contributed by atoms with Gasteiger partial charge in [0.1, 0.15) is 5.75 Å². The van der Waals surface area contributed by atoms with Crippen molar-refractivity contribution in [2.75, 3.05) is 13.1 Å². The highest BCUT2D eigenvalue weighted by molar-refractivity contribution is 5.25. The molecule has 0 amide bonds. The standard InChI is InChI=1S/C23H41NO/c1-2-3-4-5-6-7-8-9-10-11-12-13-14-20-24-21-19-22-15-17-23(25)18-16-22/h15-18,24-25H,2-14,19-21H2,1H3. The Morgan fingerprint density at radius 2 is 1.12 bits per heavy atom.